The van der Waals surface area contributed by atoms with Crippen LogP contribution in [0.25, 0.3) is 0 Å². The summed E-state index contributed by atoms with van der Waals surface area (Å²) in [5.41, 5.74) is 0. The molecule has 1 atom stereocenters. The molecule has 4 nitrogen and oxygen atoms in total. The van der Waals surface area contributed by atoms with Gasteiger partial charge in [0.05, 0.1) is 19.3 Å². The second-order valence-electron chi connectivity index (χ2n) is 2.99. The van der Waals surface area contributed by atoms with Gasteiger partial charge >= 0.3 is 0 Å². The van der Waals surface area contributed by atoms with Gasteiger partial charge in [-0.3, -0.25) is 0 Å². The van der Waals surface area contributed by atoms with Gasteiger partial charge in [-0.25, -0.2) is 0 Å². The minimum atomic E-state index is 0.0938. The molecule has 0 aliphatic heterocycles. The number of hydrogen-bond donors (Lipinski definition) is 2. The molecule has 0 aliphatic rings. The maximum Gasteiger partial charge on any atom is 0.284 e. The maximum atomic E-state index is 8.63. The van der Waals surface area contributed by atoms with Crippen LogP contribution < -0.4 is 10.1 Å². The molecule has 1 heterocycles. The normalized spacial score (nSPS) is 12.8. The van der Waals surface area contributed by atoms with Gasteiger partial charge in [0.2, 0.25) is 0 Å². The van der Waals surface area contributed by atoms with Crippen LogP contribution in [0, 0.1) is 0 Å². The Labute approximate surface area is 83.9 Å². The molecular weight excluding hydrogens is 182 g/mol. The minimum absolute atomic E-state index is 0.0938. The fourth-order valence-electron chi connectivity index (χ4n) is 1.17. The predicted octanol–water partition coefficient (Wildman–Crippen LogP) is 1.32. The first-order chi connectivity index (χ1) is 6.77. The topological polar surface area (TPSA) is 54.6 Å². The number of hydrogen-bond acceptors (Lipinski definition) is 4. The van der Waals surface area contributed by atoms with Gasteiger partial charge in [-0.05, 0) is 19.9 Å². The Balaban J connectivity index is 2.48. The average Bonchev–Trinajstić information content (AvgIpc) is 2.63. The van der Waals surface area contributed by atoms with E-state index in [2.05, 4.69) is 5.32 Å². The Hall–Kier alpha value is -1.00. The number of aliphatic hydroxyl groups is 1. The van der Waals surface area contributed by atoms with Gasteiger partial charge in [0.1, 0.15) is 5.76 Å². The van der Waals surface area contributed by atoms with Crippen LogP contribution >= 0.6 is 0 Å². The van der Waals surface area contributed by atoms with E-state index in [1.807, 2.05) is 19.9 Å². The van der Waals surface area contributed by atoms with Gasteiger partial charge in [0.15, 0.2) is 0 Å². The zero-order valence-electron chi connectivity index (χ0n) is 8.62. The van der Waals surface area contributed by atoms with E-state index in [0.29, 0.717) is 19.1 Å². The third-order valence-electron chi connectivity index (χ3n) is 1.88. The van der Waals surface area contributed by atoms with Crippen molar-refractivity contribution in [2.45, 2.75) is 19.9 Å². The molecule has 14 heavy (non-hydrogen) atoms. The van der Waals surface area contributed by atoms with Crippen LogP contribution in [0.5, 0.6) is 5.95 Å². The molecule has 0 amide bonds. The van der Waals surface area contributed by atoms with Crippen molar-refractivity contribution in [2.75, 3.05) is 19.8 Å². The quantitative estimate of drug-likeness (QED) is 0.725. The summed E-state index contributed by atoms with van der Waals surface area (Å²) >= 11 is 0. The summed E-state index contributed by atoms with van der Waals surface area (Å²) in [7, 11) is 0. The van der Waals surface area contributed by atoms with Gasteiger partial charge in [-0.1, -0.05) is 0 Å². The molecule has 1 unspecified atom stereocenters. The molecule has 0 saturated carbocycles. The summed E-state index contributed by atoms with van der Waals surface area (Å²) in [4.78, 5) is 0. The summed E-state index contributed by atoms with van der Waals surface area (Å²) in [6, 6.07) is 3.77. The molecule has 4 heteroatoms. The van der Waals surface area contributed by atoms with E-state index in [4.69, 9.17) is 14.3 Å². The number of ether oxygens (including phenoxy) is 1. The molecule has 1 aromatic rings. The molecule has 0 saturated heterocycles. The zero-order valence-corrected chi connectivity index (χ0v) is 8.62. The molecule has 1 aromatic heterocycles. The van der Waals surface area contributed by atoms with E-state index in [0.717, 1.165) is 5.76 Å². The van der Waals surface area contributed by atoms with E-state index in [1.54, 1.807) is 6.07 Å². The molecule has 80 valence electrons. The minimum Gasteiger partial charge on any atom is -0.465 e. The van der Waals surface area contributed by atoms with E-state index in [9.17, 15) is 0 Å². The number of rotatable bonds is 6. The summed E-state index contributed by atoms with van der Waals surface area (Å²) in [6.45, 7) is 5.18. The first-order valence-electron chi connectivity index (χ1n) is 4.84. The van der Waals surface area contributed by atoms with Crippen molar-refractivity contribution in [1.82, 2.24) is 5.32 Å². The average molecular weight is 199 g/mol. The lowest BCUT2D eigenvalue weighted by Gasteiger charge is -2.09. The zero-order chi connectivity index (χ0) is 10.4. The summed E-state index contributed by atoms with van der Waals surface area (Å²) in [6.07, 6.45) is 0. The van der Waals surface area contributed by atoms with E-state index >= 15 is 0 Å². The van der Waals surface area contributed by atoms with Crippen LogP contribution in [0.1, 0.15) is 25.6 Å². The van der Waals surface area contributed by atoms with Crippen molar-refractivity contribution in [3.05, 3.63) is 17.9 Å². The van der Waals surface area contributed by atoms with Crippen LogP contribution in [0.3, 0.4) is 0 Å². The Kier molecular flexibility index (Phi) is 4.49. The lowest BCUT2D eigenvalue weighted by molar-refractivity contribution is 0.240. The fraction of sp³-hybridized carbons (Fsp3) is 0.600. The van der Waals surface area contributed by atoms with Crippen LogP contribution in [0.15, 0.2) is 16.5 Å². The first kappa shape index (κ1) is 11.1. The van der Waals surface area contributed by atoms with E-state index in [-0.39, 0.29) is 12.6 Å². The fourth-order valence-corrected chi connectivity index (χ4v) is 1.17. The largest absolute Gasteiger partial charge is 0.465 e. The van der Waals surface area contributed by atoms with Gasteiger partial charge in [-0.2, -0.15) is 0 Å². The molecule has 0 aliphatic carbocycles. The Morgan fingerprint density at radius 3 is 3.00 bits per heavy atom. The molecule has 0 radical (unpaired) electrons. The lowest BCUT2D eigenvalue weighted by Crippen LogP contribution is -2.21. The van der Waals surface area contributed by atoms with Gasteiger partial charge in [0.25, 0.3) is 5.95 Å². The van der Waals surface area contributed by atoms with Crippen molar-refractivity contribution < 1.29 is 14.3 Å². The van der Waals surface area contributed by atoms with Crippen molar-refractivity contribution in [1.29, 1.82) is 0 Å². The first-order valence-corrected chi connectivity index (χ1v) is 4.84. The third-order valence-corrected chi connectivity index (χ3v) is 1.88. The van der Waals surface area contributed by atoms with Crippen molar-refractivity contribution in [2.24, 2.45) is 0 Å². The van der Waals surface area contributed by atoms with Crippen LogP contribution in [-0.2, 0) is 0 Å². The van der Waals surface area contributed by atoms with E-state index in [1.165, 1.54) is 0 Å². The second-order valence-corrected chi connectivity index (χ2v) is 2.99. The van der Waals surface area contributed by atoms with Crippen molar-refractivity contribution in [3.8, 4) is 5.95 Å². The Morgan fingerprint density at radius 1 is 1.57 bits per heavy atom. The van der Waals surface area contributed by atoms with E-state index < -0.39 is 0 Å². The third kappa shape index (κ3) is 3.05. The standard InChI is InChI=1S/C10H17NO3/c1-3-13-10-5-4-9(14-10)8(2)11-6-7-12/h4-5,8,11-12H,3,6-7H2,1-2H3. The molecule has 2 N–H and O–H groups in total. The molecule has 0 fully saturated rings. The highest BCUT2D eigenvalue weighted by atomic mass is 16.6. The Bertz CT molecular complexity index is 260. The summed E-state index contributed by atoms with van der Waals surface area (Å²) in [5, 5.41) is 11.7. The number of nitrogens with one attached hydrogen (secondary N) is 1. The van der Waals surface area contributed by atoms with Crippen molar-refractivity contribution in [3.63, 3.8) is 0 Å². The lowest BCUT2D eigenvalue weighted by atomic mass is 10.2. The van der Waals surface area contributed by atoms with Gasteiger partial charge in [-0.15, -0.1) is 0 Å². The highest BCUT2D eigenvalue weighted by molar-refractivity contribution is 5.14. The smallest absolute Gasteiger partial charge is 0.284 e. The van der Waals surface area contributed by atoms with Crippen LogP contribution in [0.4, 0.5) is 0 Å². The molecular formula is C10H17NO3. The van der Waals surface area contributed by atoms with Gasteiger partial charge < -0.3 is 19.6 Å². The molecule has 0 bridgehead atoms. The van der Waals surface area contributed by atoms with Crippen LogP contribution in [-0.4, -0.2) is 24.9 Å². The Morgan fingerprint density at radius 2 is 2.36 bits per heavy atom. The highest BCUT2D eigenvalue weighted by Crippen LogP contribution is 2.21. The highest BCUT2D eigenvalue weighted by Gasteiger charge is 2.09. The summed E-state index contributed by atoms with van der Waals surface area (Å²) in [5.74, 6) is 1.36. The van der Waals surface area contributed by atoms with Crippen molar-refractivity contribution >= 4 is 0 Å². The maximum absolute atomic E-state index is 8.63. The van der Waals surface area contributed by atoms with Gasteiger partial charge in [0, 0.05) is 12.6 Å². The molecule has 1 rings (SSSR count). The number of aliphatic hydroxyl groups excluding tert-OH is 1. The molecule has 0 spiro atoms. The summed E-state index contributed by atoms with van der Waals surface area (Å²) < 4.78 is 10.6. The predicted molar refractivity (Wildman–Crippen MR) is 53.4 cm³/mol. The second kappa shape index (κ2) is 5.67. The SMILES string of the molecule is CCOc1ccc(C(C)NCCO)o1. The monoisotopic (exact) mass is 199 g/mol. The molecule has 0 aromatic carbocycles. The van der Waals surface area contributed by atoms with Crippen LogP contribution in [0.2, 0.25) is 0 Å². The number of furan rings is 1.